The van der Waals surface area contributed by atoms with Crippen LogP contribution in [0.2, 0.25) is 0 Å². The molecule has 0 saturated carbocycles. The highest BCUT2D eigenvalue weighted by molar-refractivity contribution is 5.74. The Kier molecular flexibility index (Phi) is 1.18. The lowest BCUT2D eigenvalue weighted by Gasteiger charge is -1.81. The second-order valence-electron chi connectivity index (χ2n) is 1.53. The van der Waals surface area contributed by atoms with Crippen LogP contribution in [0.1, 0.15) is 6.42 Å². The van der Waals surface area contributed by atoms with Gasteiger partial charge in [-0.2, -0.15) is 0 Å². The first kappa shape index (κ1) is 5.74. The highest BCUT2D eigenvalue weighted by Crippen LogP contribution is 2.10. The van der Waals surface area contributed by atoms with Crippen LogP contribution in [0.4, 0.5) is 0 Å². The third-order valence-corrected chi connectivity index (χ3v) is 0.886. The number of hydrogen-bond donors (Lipinski definition) is 0. The van der Waals surface area contributed by atoms with Gasteiger partial charge in [-0.3, -0.25) is 14.9 Å². The predicted molar refractivity (Wildman–Crippen MR) is 25.8 cm³/mol. The lowest BCUT2D eigenvalue weighted by molar-refractivity contribution is -0.426. The van der Waals surface area contributed by atoms with E-state index in [9.17, 15) is 14.9 Å². The fourth-order valence-electron chi connectivity index (χ4n) is 0.473. The van der Waals surface area contributed by atoms with Crippen LogP contribution in [0, 0.1) is 10.1 Å². The predicted octanol–water partition coefficient (Wildman–Crippen LogP) is 0.0514. The third kappa shape index (κ3) is 1.04. The third-order valence-electron chi connectivity index (χ3n) is 0.886. The van der Waals surface area contributed by atoms with E-state index in [1.165, 1.54) is 0 Å². The normalized spacial score (nSPS) is 16.9. The van der Waals surface area contributed by atoms with Crippen LogP contribution in [0.25, 0.3) is 0 Å². The number of rotatable bonds is 1. The van der Waals surface area contributed by atoms with E-state index in [2.05, 4.69) is 4.74 Å². The molecule has 0 aromatic rings. The molecule has 0 spiro atoms. The number of nitro groups is 1. The molecule has 1 rings (SSSR count). The number of hydrogen-bond acceptors (Lipinski definition) is 4. The summed E-state index contributed by atoms with van der Waals surface area (Å²) < 4.78 is 4.18. The lowest BCUT2D eigenvalue weighted by atomic mass is 10.4. The van der Waals surface area contributed by atoms with Gasteiger partial charge in [-0.15, -0.1) is 0 Å². The second-order valence-corrected chi connectivity index (χ2v) is 1.53. The Morgan fingerprint density at radius 3 is 2.67 bits per heavy atom. The van der Waals surface area contributed by atoms with Gasteiger partial charge in [-0.1, -0.05) is 0 Å². The fourth-order valence-corrected chi connectivity index (χ4v) is 0.473. The van der Waals surface area contributed by atoms with Gasteiger partial charge in [0.15, 0.2) is 6.26 Å². The Morgan fingerprint density at radius 1 is 1.78 bits per heavy atom. The molecule has 1 aliphatic heterocycles. The van der Waals surface area contributed by atoms with Gasteiger partial charge >= 0.3 is 5.97 Å². The standard InChI is InChI=1S/C4H3NO4/c6-4-1-3(2-9-4)5(7)8/h2H,1H2. The quantitative estimate of drug-likeness (QED) is 0.285. The minimum absolute atomic E-state index is 0.181. The lowest BCUT2D eigenvalue weighted by Crippen LogP contribution is -1.98. The molecular formula is C4H3NO4. The largest absolute Gasteiger partial charge is 0.427 e. The van der Waals surface area contributed by atoms with Crippen molar-refractivity contribution in [2.75, 3.05) is 0 Å². The first-order chi connectivity index (χ1) is 4.20. The van der Waals surface area contributed by atoms with Crippen LogP contribution in [-0.4, -0.2) is 10.9 Å². The van der Waals surface area contributed by atoms with Crippen molar-refractivity contribution in [3.8, 4) is 0 Å². The minimum Gasteiger partial charge on any atom is -0.427 e. The van der Waals surface area contributed by atoms with Gasteiger partial charge in [0.1, 0.15) is 6.42 Å². The molecule has 0 amide bonds. The van der Waals surface area contributed by atoms with Crippen molar-refractivity contribution in [3.05, 3.63) is 22.1 Å². The summed E-state index contributed by atoms with van der Waals surface area (Å²) in [6.07, 6.45) is 0.648. The first-order valence-electron chi connectivity index (χ1n) is 2.23. The Labute approximate surface area is 50.1 Å². The molecule has 1 aliphatic rings. The summed E-state index contributed by atoms with van der Waals surface area (Å²) in [5.41, 5.74) is -0.181. The smallest absolute Gasteiger partial charge is 0.321 e. The molecule has 0 aromatic heterocycles. The average molecular weight is 129 g/mol. The van der Waals surface area contributed by atoms with E-state index in [0.717, 1.165) is 6.26 Å². The maximum atomic E-state index is 10.2. The molecule has 0 saturated heterocycles. The topological polar surface area (TPSA) is 69.4 Å². The highest BCUT2D eigenvalue weighted by Gasteiger charge is 2.23. The molecule has 0 N–H and O–H groups in total. The molecule has 0 radical (unpaired) electrons. The van der Waals surface area contributed by atoms with Crippen molar-refractivity contribution in [2.24, 2.45) is 0 Å². The van der Waals surface area contributed by atoms with E-state index in [0.29, 0.717) is 0 Å². The number of carbonyl (C=O) groups is 1. The van der Waals surface area contributed by atoms with Crippen molar-refractivity contribution >= 4 is 5.97 Å². The van der Waals surface area contributed by atoms with Gasteiger partial charge in [-0.25, -0.2) is 0 Å². The molecule has 1 heterocycles. The van der Waals surface area contributed by atoms with Crippen LogP contribution in [-0.2, 0) is 9.53 Å². The molecule has 0 bridgehead atoms. The van der Waals surface area contributed by atoms with Gasteiger partial charge < -0.3 is 4.74 Å². The Bertz CT molecular complexity index is 195. The average Bonchev–Trinajstić information content (AvgIpc) is 2.14. The summed E-state index contributed by atoms with van der Waals surface area (Å²) >= 11 is 0. The fraction of sp³-hybridized carbons (Fsp3) is 0.250. The molecule has 5 nitrogen and oxygen atoms in total. The summed E-state index contributed by atoms with van der Waals surface area (Å²) in [6, 6.07) is 0. The maximum absolute atomic E-state index is 10.2. The molecule has 5 heteroatoms. The summed E-state index contributed by atoms with van der Waals surface area (Å²) in [7, 11) is 0. The van der Waals surface area contributed by atoms with Crippen LogP contribution >= 0.6 is 0 Å². The Morgan fingerprint density at radius 2 is 2.44 bits per heavy atom. The zero-order valence-electron chi connectivity index (χ0n) is 4.36. The monoisotopic (exact) mass is 129 g/mol. The van der Waals surface area contributed by atoms with E-state index < -0.39 is 10.9 Å². The second kappa shape index (κ2) is 1.85. The SMILES string of the molecule is O=C1CC([N+](=O)[O-])=CO1. The van der Waals surface area contributed by atoms with E-state index in [4.69, 9.17) is 0 Å². The molecule has 0 fully saturated rings. The number of esters is 1. The zero-order valence-corrected chi connectivity index (χ0v) is 4.36. The van der Waals surface area contributed by atoms with E-state index in [1.54, 1.807) is 0 Å². The molecule has 0 aliphatic carbocycles. The van der Waals surface area contributed by atoms with Crippen molar-refractivity contribution in [2.45, 2.75) is 6.42 Å². The van der Waals surface area contributed by atoms with Gasteiger partial charge in [0.2, 0.25) is 0 Å². The van der Waals surface area contributed by atoms with Crippen LogP contribution < -0.4 is 0 Å². The minimum atomic E-state index is -0.634. The molecule has 0 unspecified atom stereocenters. The summed E-state index contributed by atoms with van der Waals surface area (Å²) in [4.78, 5) is 19.4. The van der Waals surface area contributed by atoms with Gasteiger partial charge in [0, 0.05) is 0 Å². The van der Waals surface area contributed by atoms with Crippen LogP contribution in [0.5, 0.6) is 0 Å². The summed E-state index contributed by atoms with van der Waals surface area (Å²) in [5.74, 6) is -0.568. The molecular weight excluding hydrogens is 126 g/mol. The van der Waals surface area contributed by atoms with Crippen LogP contribution in [0.15, 0.2) is 12.0 Å². The zero-order chi connectivity index (χ0) is 6.85. The Hall–Kier alpha value is -1.39. The number of nitrogens with zero attached hydrogens (tertiary/aromatic N) is 1. The van der Waals surface area contributed by atoms with Gasteiger partial charge in [0.25, 0.3) is 5.70 Å². The van der Waals surface area contributed by atoms with Crippen molar-refractivity contribution in [1.82, 2.24) is 0 Å². The molecule has 48 valence electrons. The molecule has 9 heavy (non-hydrogen) atoms. The summed E-state index contributed by atoms with van der Waals surface area (Å²) in [5, 5.41) is 9.85. The first-order valence-corrected chi connectivity index (χ1v) is 2.23. The van der Waals surface area contributed by atoms with E-state index in [1.807, 2.05) is 0 Å². The van der Waals surface area contributed by atoms with Gasteiger partial charge in [-0.05, 0) is 0 Å². The van der Waals surface area contributed by atoms with E-state index >= 15 is 0 Å². The van der Waals surface area contributed by atoms with Crippen molar-refractivity contribution in [3.63, 3.8) is 0 Å². The van der Waals surface area contributed by atoms with Crippen molar-refractivity contribution < 1.29 is 14.5 Å². The Balaban J connectivity index is 2.65. The van der Waals surface area contributed by atoms with E-state index in [-0.39, 0.29) is 12.1 Å². The number of cyclic esters (lactones) is 1. The van der Waals surface area contributed by atoms with Crippen LogP contribution in [0.3, 0.4) is 0 Å². The molecule has 0 atom stereocenters. The van der Waals surface area contributed by atoms with Crippen molar-refractivity contribution in [1.29, 1.82) is 0 Å². The maximum Gasteiger partial charge on any atom is 0.321 e. The number of ether oxygens (including phenoxy) is 1. The highest BCUT2D eigenvalue weighted by atomic mass is 16.6. The molecule has 0 aromatic carbocycles. The summed E-state index contributed by atoms with van der Waals surface area (Å²) in [6.45, 7) is 0. The van der Waals surface area contributed by atoms with Gasteiger partial charge in [0.05, 0.1) is 4.92 Å². The number of carbonyl (C=O) groups excluding carboxylic acids is 1.